The van der Waals surface area contributed by atoms with Crippen LogP contribution >= 0.6 is 0 Å². The van der Waals surface area contributed by atoms with Crippen LogP contribution < -0.4 is 5.32 Å². The van der Waals surface area contributed by atoms with Crippen molar-refractivity contribution in [3.05, 3.63) is 0 Å². The Morgan fingerprint density at radius 2 is 1.52 bits per heavy atom. The van der Waals surface area contributed by atoms with E-state index in [1.54, 1.807) is 6.92 Å². The first-order valence-electron chi connectivity index (χ1n) is 8.81. The zero-order chi connectivity index (χ0) is 15.8. The van der Waals surface area contributed by atoms with E-state index < -0.39 is 0 Å². The molecule has 0 spiro atoms. The van der Waals surface area contributed by atoms with E-state index in [0.717, 1.165) is 32.0 Å². The minimum atomic E-state index is 0.115. The van der Waals surface area contributed by atoms with Gasteiger partial charge in [-0.3, -0.25) is 4.79 Å². The van der Waals surface area contributed by atoms with Gasteiger partial charge in [-0.15, -0.1) is 0 Å². The molecule has 2 heterocycles. The van der Waals surface area contributed by atoms with Crippen LogP contribution in [-0.4, -0.2) is 60.0 Å². The van der Waals surface area contributed by atoms with Crippen molar-refractivity contribution in [2.24, 2.45) is 0 Å². The van der Waals surface area contributed by atoms with E-state index in [0.29, 0.717) is 12.1 Å². The largest absolute Gasteiger partial charge is 0.354 e. The van der Waals surface area contributed by atoms with Gasteiger partial charge in [0.1, 0.15) is 0 Å². The number of carbonyl (C=O) groups is 1. The van der Waals surface area contributed by atoms with Gasteiger partial charge < -0.3 is 15.1 Å². The molecule has 0 saturated carbocycles. The van der Waals surface area contributed by atoms with Gasteiger partial charge >= 0.3 is 0 Å². The second-order valence-electron chi connectivity index (χ2n) is 6.37. The van der Waals surface area contributed by atoms with E-state index in [1.165, 1.54) is 25.9 Å². The number of piperidine rings is 2. The Morgan fingerprint density at radius 1 is 1.00 bits per heavy atom. The Balaban J connectivity index is 0.00000106. The minimum Gasteiger partial charge on any atom is -0.354 e. The molecular formula is C17H35N3O. The second kappa shape index (κ2) is 9.42. The van der Waals surface area contributed by atoms with E-state index in [1.807, 2.05) is 13.8 Å². The molecule has 21 heavy (non-hydrogen) atoms. The van der Waals surface area contributed by atoms with E-state index in [2.05, 4.69) is 29.0 Å². The highest BCUT2D eigenvalue weighted by molar-refractivity contribution is 5.73. The molecule has 2 saturated heterocycles. The van der Waals surface area contributed by atoms with Gasteiger partial charge in [-0.2, -0.15) is 0 Å². The molecule has 1 amide bonds. The quantitative estimate of drug-likeness (QED) is 0.869. The van der Waals surface area contributed by atoms with Crippen LogP contribution in [0.25, 0.3) is 0 Å². The van der Waals surface area contributed by atoms with Gasteiger partial charge in [-0.05, 0) is 52.6 Å². The lowest BCUT2D eigenvalue weighted by atomic mass is 9.97. The molecule has 0 aromatic carbocycles. The van der Waals surface area contributed by atoms with Gasteiger partial charge in [-0.25, -0.2) is 0 Å². The Morgan fingerprint density at radius 3 is 1.95 bits per heavy atom. The van der Waals surface area contributed by atoms with Crippen molar-refractivity contribution in [3.8, 4) is 0 Å². The summed E-state index contributed by atoms with van der Waals surface area (Å²) >= 11 is 0. The third-order valence-corrected chi connectivity index (χ3v) is 4.68. The Bertz CT molecular complexity index is 290. The maximum absolute atomic E-state index is 11.1. The third kappa shape index (κ3) is 5.95. The molecule has 0 aromatic rings. The molecule has 2 fully saturated rings. The molecule has 2 rings (SSSR count). The highest BCUT2D eigenvalue weighted by Gasteiger charge is 2.28. The van der Waals surface area contributed by atoms with Crippen LogP contribution in [0.5, 0.6) is 0 Å². The summed E-state index contributed by atoms with van der Waals surface area (Å²) in [5, 5.41) is 3.05. The fraction of sp³-hybridized carbons (Fsp3) is 0.941. The molecule has 0 atom stereocenters. The lowest BCUT2D eigenvalue weighted by molar-refractivity contribution is -0.120. The van der Waals surface area contributed by atoms with Crippen LogP contribution in [0.2, 0.25) is 0 Å². The van der Waals surface area contributed by atoms with Gasteiger partial charge in [0.25, 0.3) is 0 Å². The molecule has 4 nitrogen and oxygen atoms in total. The maximum atomic E-state index is 11.1. The maximum Gasteiger partial charge on any atom is 0.217 e. The fourth-order valence-electron chi connectivity index (χ4n) is 3.46. The van der Waals surface area contributed by atoms with Crippen molar-refractivity contribution in [2.45, 2.75) is 78.4 Å². The molecule has 0 radical (unpaired) electrons. The SMILES string of the molecule is CC.CC(=O)NC1CCN(C2CCN(C(C)C)CC2)CC1. The van der Waals surface area contributed by atoms with E-state index in [9.17, 15) is 4.79 Å². The van der Waals surface area contributed by atoms with Gasteiger partial charge in [0, 0.05) is 38.1 Å². The predicted molar refractivity (Wildman–Crippen MR) is 89.5 cm³/mol. The Labute approximate surface area is 131 Å². The van der Waals surface area contributed by atoms with Crippen molar-refractivity contribution in [1.29, 1.82) is 0 Å². The van der Waals surface area contributed by atoms with Crippen LogP contribution in [0.3, 0.4) is 0 Å². The molecule has 2 aliphatic rings. The number of rotatable bonds is 3. The van der Waals surface area contributed by atoms with Crippen molar-refractivity contribution >= 4 is 5.91 Å². The van der Waals surface area contributed by atoms with E-state index >= 15 is 0 Å². The highest BCUT2D eigenvalue weighted by atomic mass is 16.1. The first-order chi connectivity index (χ1) is 10.1. The average Bonchev–Trinajstić information content (AvgIpc) is 2.49. The predicted octanol–water partition coefficient (Wildman–Crippen LogP) is 2.49. The topological polar surface area (TPSA) is 35.6 Å². The van der Waals surface area contributed by atoms with Crippen molar-refractivity contribution in [1.82, 2.24) is 15.1 Å². The summed E-state index contributed by atoms with van der Waals surface area (Å²) in [4.78, 5) is 16.3. The first-order valence-corrected chi connectivity index (χ1v) is 8.81. The van der Waals surface area contributed by atoms with Gasteiger partial charge in [0.2, 0.25) is 5.91 Å². The molecule has 0 aromatic heterocycles. The zero-order valence-electron chi connectivity index (χ0n) is 14.7. The number of hydrogen-bond donors (Lipinski definition) is 1. The number of carbonyl (C=O) groups excluding carboxylic acids is 1. The van der Waals surface area contributed by atoms with Crippen molar-refractivity contribution in [3.63, 3.8) is 0 Å². The zero-order valence-corrected chi connectivity index (χ0v) is 14.7. The molecule has 2 aliphatic heterocycles. The minimum absolute atomic E-state index is 0.115. The normalized spacial score (nSPS) is 22.8. The molecular weight excluding hydrogens is 262 g/mol. The molecule has 0 aliphatic carbocycles. The highest BCUT2D eigenvalue weighted by Crippen LogP contribution is 2.22. The average molecular weight is 297 g/mol. The Hall–Kier alpha value is -0.610. The molecule has 0 bridgehead atoms. The van der Waals surface area contributed by atoms with Crippen LogP contribution in [-0.2, 0) is 4.79 Å². The monoisotopic (exact) mass is 297 g/mol. The molecule has 124 valence electrons. The van der Waals surface area contributed by atoms with Crippen LogP contribution in [0.15, 0.2) is 0 Å². The lowest BCUT2D eigenvalue weighted by Gasteiger charge is -2.42. The van der Waals surface area contributed by atoms with Crippen LogP contribution in [0.4, 0.5) is 0 Å². The van der Waals surface area contributed by atoms with Crippen LogP contribution in [0.1, 0.15) is 60.3 Å². The standard InChI is InChI=1S/C15H29N3O.C2H6/c1-12(2)17-10-6-15(7-11-17)18-8-4-14(5-9-18)16-13(3)19;1-2/h12,14-15H,4-11H2,1-3H3,(H,16,19);1-2H3. The molecule has 0 unspecified atom stereocenters. The van der Waals surface area contributed by atoms with Crippen LogP contribution in [0, 0.1) is 0 Å². The second-order valence-corrected chi connectivity index (χ2v) is 6.37. The summed E-state index contributed by atoms with van der Waals surface area (Å²) in [5.41, 5.74) is 0. The molecule has 1 N–H and O–H groups in total. The third-order valence-electron chi connectivity index (χ3n) is 4.68. The fourth-order valence-corrected chi connectivity index (χ4v) is 3.46. The number of amides is 1. The number of likely N-dealkylation sites (tertiary alicyclic amines) is 2. The number of hydrogen-bond acceptors (Lipinski definition) is 3. The summed E-state index contributed by atoms with van der Waals surface area (Å²) in [5.74, 6) is 0.115. The molecule has 4 heteroatoms. The van der Waals surface area contributed by atoms with Crippen molar-refractivity contribution < 1.29 is 4.79 Å². The first kappa shape index (κ1) is 18.4. The number of nitrogens with zero attached hydrogens (tertiary/aromatic N) is 2. The summed E-state index contributed by atoms with van der Waals surface area (Å²) in [6.45, 7) is 15.0. The summed E-state index contributed by atoms with van der Waals surface area (Å²) in [6, 6.07) is 1.87. The Kier molecular flexibility index (Phi) is 8.27. The van der Waals surface area contributed by atoms with Gasteiger partial charge in [-0.1, -0.05) is 13.8 Å². The number of nitrogens with one attached hydrogen (secondary N) is 1. The van der Waals surface area contributed by atoms with Gasteiger partial charge in [0.15, 0.2) is 0 Å². The summed E-state index contributed by atoms with van der Waals surface area (Å²) in [7, 11) is 0. The van der Waals surface area contributed by atoms with E-state index in [4.69, 9.17) is 0 Å². The van der Waals surface area contributed by atoms with Crippen molar-refractivity contribution in [2.75, 3.05) is 26.2 Å². The summed E-state index contributed by atoms with van der Waals surface area (Å²) in [6.07, 6.45) is 4.85. The lowest BCUT2D eigenvalue weighted by Crippen LogP contribution is -2.51. The van der Waals surface area contributed by atoms with Gasteiger partial charge in [0.05, 0.1) is 0 Å². The smallest absolute Gasteiger partial charge is 0.217 e. The summed E-state index contributed by atoms with van der Waals surface area (Å²) < 4.78 is 0. The van der Waals surface area contributed by atoms with E-state index in [-0.39, 0.29) is 5.91 Å².